The molecule has 0 rings (SSSR count). The number of carbonyl (C=O) groups is 4. The highest BCUT2D eigenvalue weighted by Crippen LogP contribution is 2.17. The minimum atomic E-state index is -1.51. The summed E-state index contributed by atoms with van der Waals surface area (Å²) in [7, 11) is 0. The lowest BCUT2D eigenvalue weighted by Crippen LogP contribution is -2.35. The van der Waals surface area contributed by atoms with Gasteiger partial charge in [0, 0.05) is 38.8 Å². The van der Waals surface area contributed by atoms with Gasteiger partial charge in [0.05, 0.1) is 12.8 Å². The molecule has 0 amide bonds. The van der Waals surface area contributed by atoms with Crippen molar-refractivity contribution >= 4 is 23.9 Å². The first kappa shape index (κ1) is 23.4. The van der Waals surface area contributed by atoms with Gasteiger partial charge in [0.25, 0.3) is 11.6 Å². The lowest BCUT2D eigenvalue weighted by molar-refractivity contribution is -0.219. The third-order valence-corrected chi connectivity index (χ3v) is 2.63. The van der Waals surface area contributed by atoms with Gasteiger partial charge in [-0.15, -0.1) is 0 Å². The minimum absolute atomic E-state index is 0.157. The van der Waals surface area contributed by atoms with Crippen molar-refractivity contribution in [2.45, 2.75) is 66.0 Å². The second kappa shape index (κ2) is 9.17. The first-order chi connectivity index (χ1) is 11.6. The molecular weight excluding hydrogens is 344 g/mol. The topological polar surface area (TPSA) is 105 Å². The van der Waals surface area contributed by atoms with Crippen LogP contribution in [0, 0.1) is 0 Å². The lowest BCUT2D eigenvalue weighted by atomic mass is 10.3. The van der Waals surface area contributed by atoms with E-state index in [4.69, 9.17) is 18.9 Å². The molecule has 8 heteroatoms. The summed E-state index contributed by atoms with van der Waals surface area (Å²) in [6.45, 7) is 15.3. The summed E-state index contributed by atoms with van der Waals surface area (Å²) in [5, 5.41) is 0. The molecule has 0 unspecified atom stereocenters. The van der Waals surface area contributed by atoms with Crippen LogP contribution in [0.4, 0.5) is 0 Å². The average Bonchev–Trinajstić information content (AvgIpc) is 2.42. The summed E-state index contributed by atoms with van der Waals surface area (Å²) < 4.78 is 19.9. The fraction of sp³-hybridized carbons (Fsp3) is 0.556. The van der Waals surface area contributed by atoms with E-state index >= 15 is 0 Å². The van der Waals surface area contributed by atoms with E-state index in [9.17, 15) is 19.2 Å². The van der Waals surface area contributed by atoms with Crippen LogP contribution in [0.5, 0.6) is 0 Å². The van der Waals surface area contributed by atoms with Crippen LogP contribution in [0.2, 0.25) is 0 Å². The highest BCUT2D eigenvalue weighted by Gasteiger charge is 2.30. The van der Waals surface area contributed by atoms with E-state index < -0.39 is 35.5 Å². The van der Waals surface area contributed by atoms with Crippen molar-refractivity contribution in [3.63, 3.8) is 0 Å². The quantitative estimate of drug-likeness (QED) is 0.346. The Kier molecular flexibility index (Phi) is 8.24. The van der Waals surface area contributed by atoms with Gasteiger partial charge in [0.15, 0.2) is 0 Å². The Labute approximate surface area is 153 Å². The van der Waals surface area contributed by atoms with E-state index in [1.165, 1.54) is 41.5 Å². The van der Waals surface area contributed by atoms with E-state index in [-0.39, 0.29) is 24.0 Å². The Morgan fingerprint density at radius 3 is 1.15 bits per heavy atom. The monoisotopic (exact) mass is 370 g/mol. The van der Waals surface area contributed by atoms with Gasteiger partial charge in [0.2, 0.25) is 0 Å². The molecule has 0 aromatic heterocycles. The number of rotatable bonds is 9. The van der Waals surface area contributed by atoms with Gasteiger partial charge in [-0.2, -0.15) is 0 Å². The Balaban J connectivity index is 4.47. The van der Waals surface area contributed by atoms with Crippen LogP contribution in [0.1, 0.15) is 54.4 Å². The Morgan fingerprint density at radius 1 is 0.654 bits per heavy atom. The molecule has 8 nitrogen and oxygen atoms in total. The lowest BCUT2D eigenvalue weighted by Gasteiger charge is -2.26. The summed E-state index contributed by atoms with van der Waals surface area (Å²) in [6, 6.07) is 0. The highest BCUT2D eigenvalue weighted by molar-refractivity contribution is 5.88. The van der Waals surface area contributed by atoms with Gasteiger partial charge >= 0.3 is 23.9 Å². The molecule has 0 fully saturated rings. The maximum atomic E-state index is 11.8. The standard InChI is InChI=1S/C18H26O8/c1-11(2)15(21)25-17(5,6)23-13(19)9-10-14(20)24-18(7,8)26-16(22)12(3)4/h1,3,9-10H2,2,4-8H3. The van der Waals surface area contributed by atoms with Crippen molar-refractivity contribution in [2.24, 2.45) is 0 Å². The molecule has 26 heavy (non-hydrogen) atoms. The summed E-state index contributed by atoms with van der Waals surface area (Å²) in [4.78, 5) is 46.5. The summed E-state index contributed by atoms with van der Waals surface area (Å²) in [6.07, 6.45) is -0.616. The molecule has 0 radical (unpaired) electrons. The predicted molar refractivity (Wildman–Crippen MR) is 91.4 cm³/mol. The number of ether oxygens (including phenoxy) is 4. The first-order valence-electron chi connectivity index (χ1n) is 7.86. The van der Waals surface area contributed by atoms with Crippen LogP contribution < -0.4 is 0 Å². The molecule has 0 saturated heterocycles. The SMILES string of the molecule is C=C(C)C(=O)OC(C)(C)OC(=O)CCC(=O)OC(C)(C)OC(=O)C(=C)C. The maximum absolute atomic E-state index is 11.8. The zero-order valence-corrected chi connectivity index (χ0v) is 16.1. The van der Waals surface area contributed by atoms with Gasteiger partial charge in [-0.3, -0.25) is 9.59 Å². The van der Waals surface area contributed by atoms with Crippen LogP contribution in [0.15, 0.2) is 24.3 Å². The molecular formula is C18H26O8. The van der Waals surface area contributed by atoms with Crippen LogP contribution in [0.3, 0.4) is 0 Å². The molecule has 0 atom stereocenters. The van der Waals surface area contributed by atoms with Crippen molar-refractivity contribution in [3.8, 4) is 0 Å². The van der Waals surface area contributed by atoms with Gasteiger partial charge in [-0.1, -0.05) is 13.2 Å². The Hall–Kier alpha value is -2.64. The fourth-order valence-electron chi connectivity index (χ4n) is 1.52. The largest absolute Gasteiger partial charge is 0.423 e. The van der Waals surface area contributed by atoms with E-state index in [1.807, 2.05) is 0 Å². The number of hydrogen-bond donors (Lipinski definition) is 0. The molecule has 0 spiro atoms. The second-order valence-electron chi connectivity index (χ2n) is 6.59. The van der Waals surface area contributed by atoms with Crippen molar-refractivity contribution in [3.05, 3.63) is 24.3 Å². The fourth-order valence-corrected chi connectivity index (χ4v) is 1.52. The minimum Gasteiger partial charge on any atom is -0.423 e. The molecule has 0 aliphatic rings. The Morgan fingerprint density at radius 2 is 0.923 bits per heavy atom. The molecule has 0 N–H and O–H groups in total. The van der Waals surface area contributed by atoms with E-state index in [0.29, 0.717) is 0 Å². The second-order valence-corrected chi connectivity index (χ2v) is 6.59. The van der Waals surface area contributed by atoms with Gasteiger partial charge in [-0.25, -0.2) is 9.59 Å². The third-order valence-electron chi connectivity index (χ3n) is 2.63. The molecule has 0 saturated carbocycles. The van der Waals surface area contributed by atoms with Crippen LogP contribution in [-0.2, 0) is 38.1 Å². The van der Waals surface area contributed by atoms with E-state index in [1.54, 1.807) is 0 Å². The maximum Gasteiger partial charge on any atom is 0.336 e. The number of esters is 4. The predicted octanol–water partition coefficient (Wildman–Crippen LogP) is 2.56. The van der Waals surface area contributed by atoms with Crippen LogP contribution >= 0.6 is 0 Å². The van der Waals surface area contributed by atoms with Crippen molar-refractivity contribution in [2.75, 3.05) is 0 Å². The van der Waals surface area contributed by atoms with Crippen molar-refractivity contribution in [1.29, 1.82) is 0 Å². The summed E-state index contributed by atoms with van der Waals surface area (Å²) >= 11 is 0. The zero-order valence-electron chi connectivity index (χ0n) is 16.1. The zero-order chi connectivity index (χ0) is 20.7. The van der Waals surface area contributed by atoms with Crippen LogP contribution in [-0.4, -0.2) is 35.5 Å². The number of hydrogen-bond acceptors (Lipinski definition) is 8. The van der Waals surface area contributed by atoms with E-state index in [2.05, 4.69) is 13.2 Å². The summed E-state index contributed by atoms with van der Waals surface area (Å²) in [5.74, 6) is -5.95. The van der Waals surface area contributed by atoms with Gasteiger partial charge in [0.1, 0.15) is 0 Å². The number of carbonyl (C=O) groups excluding carboxylic acids is 4. The Bertz CT molecular complexity index is 559. The van der Waals surface area contributed by atoms with E-state index in [0.717, 1.165) is 0 Å². The molecule has 146 valence electrons. The van der Waals surface area contributed by atoms with Gasteiger partial charge in [-0.05, 0) is 13.8 Å². The molecule has 0 aliphatic carbocycles. The van der Waals surface area contributed by atoms with Crippen molar-refractivity contribution < 1.29 is 38.1 Å². The molecule has 0 bridgehead atoms. The highest BCUT2D eigenvalue weighted by atomic mass is 16.7. The average molecular weight is 370 g/mol. The molecule has 0 heterocycles. The normalized spacial score (nSPS) is 11.2. The van der Waals surface area contributed by atoms with Gasteiger partial charge < -0.3 is 18.9 Å². The first-order valence-corrected chi connectivity index (χ1v) is 7.86. The van der Waals surface area contributed by atoms with Crippen LogP contribution in [0.25, 0.3) is 0 Å². The third kappa shape index (κ3) is 9.61. The summed E-state index contributed by atoms with van der Waals surface area (Å²) in [5.41, 5.74) is 0.313. The molecule has 0 aromatic carbocycles. The smallest absolute Gasteiger partial charge is 0.336 e. The molecule has 0 aliphatic heterocycles. The molecule has 0 aromatic rings. The van der Waals surface area contributed by atoms with Crippen molar-refractivity contribution in [1.82, 2.24) is 0 Å².